The molecule has 6 heteroatoms. The van der Waals surface area contributed by atoms with E-state index in [1.54, 1.807) is 24.3 Å². The summed E-state index contributed by atoms with van der Waals surface area (Å²) in [4.78, 5) is 12.9. The third-order valence-electron chi connectivity index (χ3n) is 4.67. The minimum atomic E-state index is -3.74. The van der Waals surface area contributed by atoms with Crippen LogP contribution in [-0.2, 0) is 14.8 Å². The SMILES string of the molecule is Cc1ccc(S(=O)(=O)N(C)CC(=O)NC(c2ccccc2)c2ccccc2)cc1. The molecule has 3 rings (SSSR count). The van der Waals surface area contributed by atoms with Crippen molar-refractivity contribution in [3.05, 3.63) is 102 Å². The summed E-state index contributed by atoms with van der Waals surface area (Å²) in [5.74, 6) is -0.374. The van der Waals surface area contributed by atoms with Crippen molar-refractivity contribution in [2.45, 2.75) is 17.9 Å². The van der Waals surface area contributed by atoms with Crippen LogP contribution >= 0.6 is 0 Å². The third-order valence-corrected chi connectivity index (χ3v) is 6.48. The van der Waals surface area contributed by atoms with Gasteiger partial charge < -0.3 is 5.32 Å². The number of nitrogens with one attached hydrogen (secondary N) is 1. The molecule has 0 saturated carbocycles. The molecule has 0 aromatic heterocycles. The number of hydrogen-bond donors (Lipinski definition) is 1. The number of benzene rings is 3. The van der Waals surface area contributed by atoms with Crippen molar-refractivity contribution in [1.29, 1.82) is 0 Å². The van der Waals surface area contributed by atoms with E-state index in [1.807, 2.05) is 67.6 Å². The molecule has 0 saturated heterocycles. The van der Waals surface area contributed by atoms with E-state index in [1.165, 1.54) is 7.05 Å². The Bertz CT molecular complexity index is 1010. The molecule has 0 heterocycles. The molecular weight excluding hydrogens is 384 g/mol. The maximum absolute atomic E-state index is 12.8. The first-order chi connectivity index (χ1) is 13.9. The minimum Gasteiger partial charge on any atom is -0.344 e. The fourth-order valence-electron chi connectivity index (χ4n) is 3.03. The summed E-state index contributed by atoms with van der Waals surface area (Å²) in [7, 11) is -2.33. The normalized spacial score (nSPS) is 11.6. The number of rotatable bonds is 7. The van der Waals surface area contributed by atoms with Gasteiger partial charge in [-0.15, -0.1) is 0 Å². The Morgan fingerprint density at radius 1 is 0.862 bits per heavy atom. The summed E-state index contributed by atoms with van der Waals surface area (Å²) < 4.78 is 26.6. The summed E-state index contributed by atoms with van der Waals surface area (Å²) in [6.45, 7) is 1.62. The van der Waals surface area contributed by atoms with Gasteiger partial charge in [0.15, 0.2) is 0 Å². The lowest BCUT2D eigenvalue weighted by molar-refractivity contribution is -0.121. The van der Waals surface area contributed by atoms with Gasteiger partial charge in [0, 0.05) is 7.05 Å². The van der Waals surface area contributed by atoms with Crippen molar-refractivity contribution in [3.63, 3.8) is 0 Å². The zero-order valence-corrected chi connectivity index (χ0v) is 17.3. The van der Waals surface area contributed by atoms with Crippen LogP contribution in [0.15, 0.2) is 89.8 Å². The lowest BCUT2D eigenvalue weighted by atomic mass is 9.99. The van der Waals surface area contributed by atoms with Crippen LogP contribution in [-0.4, -0.2) is 32.2 Å². The second-order valence-electron chi connectivity index (χ2n) is 6.90. The molecule has 0 atom stereocenters. The molecule has 0 bridgehead atoms. The predicted molar refractivity (Wildman–Crippen MR) is 114 cm³/mol. The highest BCUT2D eigenvalue weighted by atomic mass is 32.2. The molecule has 0 unspecified atom stereocenters. The van der Waals surface area contributed by atoms with Crippen LogP contribution in [0.1, 0.15) is 22.7 Å². The van der Waals surface area contributed by atoms with Crippen LogP contribution in [0.5, 0.6) is 0 Å². The lowest BCUT2D eigenvalue weighted by Crippen LogP contribution is -2.40. The van der Waals surface area contributed by atoms with Crippen LogP contribution < -0.4 is 5.32 Å². The van der Waals surface area contributed by atoms with Crippen molar-refractivity contribution in [1.82, 2.24) is 9.62 Å². The van der Waals surface area contributed by atoms with Crippen molar-refractivity contribution in [2.24, 2.45) is 0 Å². The monoisotopic (exact) mass is 408 g/mol. The molecule has 5 nitrogen and oxygen atoms in total. The standard InChI is InChI=1S/C23H24N2O3S/c1-18-13-15-21(16-14-18)29(27,28)25(2)17-22(26)24-23(19-9-5-3-6-10-19)20-11-7-4-8-12-20/h3-16,23H,17H2,1-2H3,(H,24,26). The molecule has 0 aliphatic rings. The Labute approximate surface area is 172 Å². The molecule has 3 aromatic carbocycles. The maximum atomic E-state index is 12.8. The van der Waals surface area contributed by atoms with E-state index in [0.29, 0.717) is 0 Å². The molecule has 0 spiro atoms. The average Bonchev–Trinajstić information content (AvgIpc) is 2.73. The van der Waals surface area contributed by atoms with Crippen LogP contribution in [0.2, 0.25) is 0 Å². The Balaban J connectivity index is 1.77. The highest BCUT2D eigenvalue weighted by molar-refractivity contribution is 7.89. The number of carbonyl (C=O) groups excluding carboxylic acids is 1. The zero-order valence-electron chi connectivity index (χ0n) is 16.4. The summed E-state index contributed by atoms with van der Waals surface area (Å²) in [5, 5.41) is 2.97. The van der Waals surface area contributed by atoms with Gasteiger partial charge in [0.1, 0.15) is 0 Å². The molecule has 3 aromatic rings. The van der Waals surface area contributed by atoms with Crippen LogP contribution in [0.25, 0.3) is 0 Å². The van der Waals surface area contributed by atoms with E-state index in [0.717, 1.165) is 21.0 Å². The van der Waals surface area contributed by atoms with Gasteiger partial charge in [-0.1, -0.05) is 78.4 Å². The van der Waals surface area contributed by atoms with Gasteiger partial charge >= 0.3 is 0 Å². The summed E-state index contributed by atoms with van der Waals surface area (Å²) in [5.41, 5.74) is 2.82. The van der Waals surface area contributed by atoms with Gasteiger partial charge in [-0.05, 0) is 30.2 Å². The Kier molecular flexibility index (Phi) is 6.46. The summed E-state index contributed by atoms with van der Waals surface area (Å²) in [6.07, 6.45) is 0. The molecule has 29 heavy (non-hydrogen) atoms. The number of sulfonamides is 1. The van der Waals surface area contributed by atoms with Gasteiger partial charge in [0.25, 0.3) is 0 Å². The number of amides is 1. The van der Waals surface area contributed by atoms with Crippen LogP contribution in [0, 0.1) is 6.92 Å². The molecule has 0 aliphatic heterocycles. The largest absolute Gasteiger partial charge is 0.344 e. The summed E-state index contributed by atoms with van der Waals surface area (Å²) >= 11 is 0. The van der Waals surface area contributed by atoms with Gasteiger partial charge in [-0.3, -0.25) is 4.79 Å². The Morgan fingerprint density at radius 3 is 1.83 bits per heavy atom. The Morgan fingerprint density at radius 2 is 1.34 bits per heavy atom. The fourth-order valence-corrected chi connectivity index (χ4v) is 4.16. The lowest BCUT2D eigenvalue weighted by Gasteiger charge is -2.22. The van der Waals surface area contributed by atoms with Crippen LogP contribution in [0.3, 0.4) is 0 Å². The number of hydrogen-bond acceptors (Lipinski definition) is 3. The minimum absolute atomic E-state index is 0.168. The van der Waals surface area contributed by atoms with Crippen LogP contribution in [0.4, 0.5) is 0 Å². The van der Waals surface area contributed by atoms with E-state index >= 15 is 0 Å². The number of nitrogens with zero attached hydrogens (tertiary/aromatic N) is 1. The first-order valence-electron chi connectivity index (χ1n) is 9.30. The topological polar surface area (TPSA) is 66.5 Å². The van der Waals surface area contributed by atoms with E-state index in [4.69, 9.17) is 0 Å². The van der Waals surface area contributed by atoms with Gasteiger partial charge in [0.2, 0.25) is 15.9 Å². The van der Waals surface area contributed by atoms with Crippen molar-refractivity contribution < 1.29 is 13.2 Å². The summed E-state index contributed by atoms with van der Waals surface area (Å²) in [6, 6.07) is 25.4. The van der Waals surface area contributed by atoms with E-state index in [2.05, 4.69) is 5.32 Å². The number of carbonyl (C=O) groups is 1. The third kappa shape index (κ3) is 5.10. The molecular formula is C23H24N2O3S. The predicted octanol–water partition coefficient (Wildman–Crippen LogP) is 3.52. The second kappa shape index (κ2) is 9.03. The van der Waals surface area contributed by atoms with E-state index < -0.39 is 10.0 Å². The molecule has 0 radical (unpaired) electrons. The zero-order chi connectivity index (χ0) is 20.9. The van der Waals surface area contributed by atoms with Gasteiger partial charge in [-0.25, -0.2) is 8.42 Å². The maximum Gasteiger partial charge on any atom is 0.243 e. The highest BCUT2D eigenvalue weighted by Gasteiger charge is 2.24. The van der Waals surface area contributed by atoms with Gasteiger partial charge in [-0.2, -0.15) is 4.31 Å². The van der Waals surface area contributed by atoms with E-state index in [-0.39, 0.29) is 23.4 Å². The molecule has 0 fully saturated rings. The smallest absolute Gasteiger partial charge is 0.243 e. The Hall–Kier alpha value is -2.96. The molecule has 150 valence electrons. The average molecular weight is 409 g/mol. The fraction of sp³-hybridized carbons (Fsp3) is 0.174. The molecule has 1 amide bonds. The molecule has 0 aliphatic carbocycles. The number of aryl methyl sites for hydroxylation is 1. The first-order valence-corrected chi connectivity index (χ1v) is 10.7. The highest BCUT2D eigenvalue weighted by Crippen LogP contribution is 2.22. The van der Waals surface area contributed by atoms with Crippen molar-refractivity contribution in [2.75, 3.05) is 13.6 Å². The van der Waals surface area contributed by atoms with Crippen molar-refractivity contribution >= 4 is 15.9 Å². The van der Waals surface area contributed by atoms with E-state index in [9.17, 15) is 13.2 Å². The first kappa shape index (κ1) is 20.8. The van der Waals surface area contributed by atoms with Crippen molar-refractivity contribution in [3.8, 4) is 0 Å². The second-order valence-corrected chi connectivity index (χ2v) is 8.94. The number of likely N-dealkylation sites (N-methyl/N-ethyl adjacent to an activating group) is 1. The quantitative estimate of drug-likeness (QED) is 0.650. The molecule has 1 N–H and O–H groups in total. The van der Waals surface area contributed by atoms with Gasteiger partial charge in [0.05, 0.1) is 17.5 Å².